The Balaban J connectivity index is 2.02. The Morgan fingerprint density at radius 2 is 2.08 bits per heavy atom. The Bertz CT molecular complexity index is 754. The quantitative estimate of drug-likeness (QED) is 0.699. The SMILES string of the molecule is CS(=O)(=O)Nc1ccccc1C(=O)NC1C=CC(CCCO)=CC1. The third-order valence-corrected chi connectivity index (χ3v) is 4.17. The molecule has 1 amide bonds. The summed E-state index contributed by atoms with van der Waals surface area (Å²) in [6.07, 6.45) is 9.16. The van der Waals surface area contributed by atoms with Gasteiger partial charge in [0.2, 0.25) is 10.0 Å². The second-order valence-electron chi connectivity index (χ2n) is 5.70. The highest BCUT2D eigenvalue weighted by molar-refractivity contribution is 7.92. The van der Waals surface area contributed by atoms with Gasteiger partial charge in [0.1, 0.15) is 0 Å². The van der Waals surface area contributed by atoms with Gasteiger partial charge in [-0.2, -0.15) is 0 Å². The molecule has 1 aromatic carbocycles. The van der Waals surface area contributed by atoms with Crippen molar-refractivity contribution in [2.75, 3.05) is 17.6 Å². The van der Waals surface area contributed by atoms with E-state index in [9.17, 15) is 13.2 Å². The molecule has 3 N–H and O–H groups in total. The van der Waals surface area contributed by atoms with Gasteiger partial charge in [0.15, 0.2) is 0 Å². The first-order chi connectivity index (χ1) is 11.4. The first kappa shape index (κ1) is 18.2. The van der Waals surface area contributed by atoms with Crippen molar-refractivity contribution in [2.45, 2.75) is 25.3 Å². The molecule has 24 heavy (non-hydrogen) atoms. The molecule has 7 heteroatoms. The van der Waals surface area contributed by atoms with Gasteiger partial charge in [-0.25, -0.2) is 8.42 Å². The van der Waals surface area contributed by atoms with E-state index < -0.39 is 10.0 Å². The van der Waals surface area contributed by atoms with Gasteiger partial charge in [0.25, 0.3) is 5.91 Å². The van der Waals surface area contributed by atoms with Crippen molar-refractivity contribution in [1.82, 2.24) is 5.32 Å². The van der Waals surface area contributed by atoms with Gasteiger partial charge in [-0.15, -0.1) is 0 Å². The smallest absolute Gasteiger partial charge is 0.253 e. The number of hydrogen-bond acceptors (Lipinski definition) is 4. The van der Waals surface area contributed by atoms with E-state index in [2.05, 4.69) is 10.0 Å². The Morgan fingerprint density at radius 3 is 2.71 bits per heavy atom. The van der Waals surface area contributed by atoms with Crippen LogP contribution < -0.4 is 10.0 Å². The normalized spacial score (nSPS) is 17.2. The number of anilines is 1. The summed E-state index contributed by atoms with van der Waals surface area (Å²) in [7, 11) is -3.46. The maximum atomic E-state index is 12.4. The summed E-state index contributed by atoms with van der Waals surface area (Å²) in [6.45, 7) is 0.162. The zero-order chi connectivity index (χ0) is 17.6. The average Bonchev–Trinajstić information content (AvgIpc) is 2.53. The van der Waals surface area contributed by atoms with E-state index in [1.54, 1.807) is 24.3 Å². The first-order valence-electron chi connectivity index (χ1n) is 7.75. The summed E-state index contributed by atoms with van der Waals surface area (Å²) in [4.78, 5) is 12.4. The molecule has 1 aliphatic rings. The molecular weight excluding hydrogens is 328 g/mol. The van der Waals surface area contributed by atoms with Crippen molar-refractivity contribution in [1.29, 1.82) is 0 Å². The predicted octanol–water partition coefficient (Wildman–Crippen LogP) is 1.82. The van der Waals surface area contributed by atoms with Crippen molar-refractivity contribution in [3.63, 3.8) is 0 Å². The van der Waals surface area contributed by atoms with E-state index in [-0.39, 0.29) is 29.8 Å². The van der Waals surface area contributed by atoms with Gasteiger partial charge in [-0.05, 0) is 31.4 Å². The molecule has 0 saturated heterocycles. The summed E-state index contributed by atoms with van der Waals surface area (Å²) >= 11 is 0. The van der Waals surface area contributed by atoms with Crippen molar-refractivity contribution < 1.29 is 18.3 Å². The lowest BCUT2D eigenvalue weighted by molar-refractivity contribution is 0.0945. The minimum absolute atomic E-state index is 0.137. The Kier molecular flexibility index (Phi) is 6.16. The van der Waals surface area contributed by atoms with E-state index in [0.29, 0.717) is 6.42 Å². The monoisotopic (exact) mass is 350 g/mol. The highest BCUT2D eigenvalue weighted by Crippen LogP contribution is 2.19. The van der Waals surface area contributed by atoms with Crippen molar-refractivity contribution in [2.24, 2.45) is 0 Å². The number of allylic oxidation sites excluding steroid dienone is 2. The first-order valence-corrected chi connectivity index (χ1v) is 9.64. The van der Waals surface area contributed by atoms with Gasteiger partial charge in [-0.1, -0.05) is 35.9 Å². The number of amides is 1. The number of nitrogens with one attached hydrogen (secondary N) is 2. The van der Waals surface area contributed by atoms with Gasteiger partial charge in [-0.3, -0.25) is 9.52 Å². The van der Waals surface area contributed by atoms with Crippen molar-refractivity contribution in [3.05, 3.63) is 53.6 Å². The van der Waals surface area contributed by atoms with Crippen LogP contribution in [-0.2, 0) is 10.0 Å². The van der Waals surface area contributed by atoms with Crippen LogP contribution in [0.4, 0.5) is 5.69 Å². The average molecular weight is 350 g/mol. The molecule has 1 aromatic rings. The second-order valence-corrected chi connectivity index (χ2v) is 7.45. The summed E-state index contributed by atoms with van der Waals surface area (Å²) in [5.41, 5.74) is 1.69. The molecule has 0 bridgehead atoms. The van der Waals surface area contributed by atoms with Crippen LogP contribution >= 0.6 is 0 Å². The maximum absolute atomic E-state index is 12.4. The van der Waals surface area contributed by atoms with E-state index in [1.165, 1.54) is 0 Å². The molecular formula is C17H22N2O4S. The van der Waals surface area contributed by atoms with Crippen LogP contribution in [0.2, 0.25) is 0 Å². The fourth-order valence-corrected chi connectivity index (χ4v) is 3.03. The van der Waals surface area contributed by atoms with E-state index in [4.69, 9.17) is 5.11 Å². The number of benzene rings is 1. The molecule has 0 fully saturated rings. The Hall–Kier alpha value is -2.12. The number of aliphatic hydroxyl groups is 1. The molecule has 0 saturated carbocycles. The standard InChI is InChI=1S/C17H22N2O4S/c1-24(22,23)19-16-7-3-2-6-15(16)17(21)18-14-10-8-13(9-11-14)5-4-12-20/h2-3,6-10,14,19-20H,4-5,11-12H2,1H3,(H,18,21). The number of rotatable bonds is 7. The largest absolute Gasteiger partial charge is 0.396 e. The molecule has 0 aliphatic heterocycles. The third kappa shape index (κ3) is 5.50. The van der Waals surface area contributed by atoms with Crippen LogP contribution in [0.5, 0.6) is 0 Å². The zero-order valence-electron chi connectivity index (χ0n) is 13.5. The van der Waals surface area contributed by atoms with Crippen LogP contribution in [0.3, 0.4) is 0 Å². The number of carbonyl (C=O) groups excluding carboxylic acids is 1. The van der Waals surface area contributed by atoms with Crippen LogP contribution in [-0.4, -0.2) is 38.3 Å². The minimum Gasteiger partial charge on any atom is -0.396 e. The fraction of sp³-hybridized carbons (Fsp3) is 0.353. The van der Waals surface area contributed by atoms with Crippen LogP contribution in [0.15, 0.2) is 48.1 Å². The lowest BCUT2D eigenvalue weighted by atomic mass is 9.99. The fourth-order valence-electron chi connectivity index (χ4n) is 2.46. The molecule has 1 unspecified atom stereocenters. The number of para-hydroxylation sites is 1. The lowest BCUT2D eigenvalue weighted by Crippen LogP contribution is -2.34. The second kappa shape index (κ2) is 8.12. The summed E-state index contributed by atoms with van der Waals surface area (Å²) < 4.78 is 25.2. The number of hydrogen-bond donors (Lipinski definition) is 3. The minimum atomic E-state index is -3.46. The highest BCUT2D eigenvalue weighted by Gasteiger charge is 2.17. The zero-order valence-corrected chi connectivity index (χ0v) is 14.3. The van der Waals surface area contributed by atoms with Crippen LogP contribution in [0.1, 0.15) is 29.6 Å². The summed E-state index contributed by atoms with van der Waals surface area (Å²) in [5, 5.41) is 11.7. The van der Waals surface area contributed by atoms with Gasteiger partial charge >= 0.3 is 0 Å². The Morgan fingerprint density at radius 1 is 1.33 bits per heavy atom. The van der Waals surface area contributed by atoms with Crippen molar-refractivity contribution in [3.8, 4) is 0 Å². The van der Waals surface area contributed by atoms with Crippen LogP contribution in [0, 0.1) is 0 Å². The number of sulfonamides is 1. The molecule has 0 spiro atoms. The van der Waals surface area contributed by atoms with E-state index in [0.717, 1.165) is 24.7 Å². The third-order valence-electron chi connectivity index (χ3n) is 3.58. The molecule has 1 atom stereocenters. The highest BCUT2D eigenvalue weighted by atomic mass is 32.2. The summed E-state index contributed by atoms with van der Waals surface area (Å²) in [6, 6.07) is 6.35. The number of carbonyl (C=O) groups is 1. The molecule has 0 aromatic heterocycles. The molecule has 0 heterocycles. The topological polar surface area (TPSA) is 95.5 Å². The summed E-state index contributed by atoms with van der Waals surface area (Å²) in [5.74, 6) is -0.330. The van der Waals surface area contributed by atoms with Gasteiger partial charge in [0, 0.05) is 6.61 Å². The molecule has 1 aliphatic carbocycles. The Labute approximate surface area is 142 Å². The van der Waals surface area contributed by atoms with E-state index >= 15 is 0 Å². The predicted molar refractivity (Wildman–Crippen MR) is 94.3 cm³/mol. The van der Waals surface area contributed by atoms with Crippen molar-refractivity contribution >= 4 is 21.6 Å². The number of aliphatic hydroxyl groups excluding tert-OH is 1. The molecule has 6 nitrogen and oxygen atoms in total. The molecule has 2 rings (SSSR count). The lowest BCUT2D eigenvalue weighted by Gasteiger charge is -2.19. The van der Waals surface area contributed by atoms with Gasteiger partial charge in [0.05, 0.1) is 23.5 Å². The molecule has 0 radical (unpaired) electrons. The van der Waals surface area contributed by atoms with E-state index in [1.807, 2.05) is 18.2 Å². The van der Waals surface area contributed by atoms with Gasteiger partial charge < -0.3 is 10.4 Å². The van der Waals surface area contributed by atoms with Crippen LogP contribution in [0.25, 0.3) is 0 Å². The maximum Gasteiger partial charge on any atom is 0.253 e. The molecule has 130 valence electrons.